The summed E-state index contributed by atoms with van der Waals surface area (Å²) in [5.41, 5.74) is 0.0445. The van der Waals surface area contributed by atoms with Crippen molar-refractivity contribution in [1.82, 2.24) is 14.3 Å². The summed E-state index contributed by atoms with van der Waals surface area (Å²) < 4.78 is 26.3. The van der Waals surface area contributed by atoms with Crippen molar-refractivity contribution in [3.8, 4) is 11.4 Å². The van der Waals surface area contributed by atoms with Gasteiger partial charge in [0, 0.05) is 5.56 Å². The molecule has 0 aliphatic heterocycles. The lowest BCUT2D eigenvalue weighted by Crippen LogP contribution is -2.41. The summed E-state index contributed by atoms with van der Waals surface area (Å²) in [6.07, 6.45) is 0.651. The maximum Gasteiger partial charge on any atom is 0.356 e. The number of halogens is 2. The lowest BCUT2D eigenvalue weighted by molar-refractivity contribution is 0.0594. The Hall–Kier alpha value is -2.51. The zero-order valence-corrected chi connectivity index (χ0v) is 12.5. The molecule has 1 heterocycles. The van der Waals surface area contributed by atoms with Gasteiger partial charge < -0.3 is 5.11 Å². The monoisotopic (exact) mass is 311 g/mol. The first-order chi connectivity index (χ1) is 10.2. The van der Waals surface area contributed by atoms with Crippen LogP contribution in [0.1, 0.15) is 28.8 Å². The minimum absolute atomic E-state index is 0.0402. The number of benzene rings is 1. The summed E-state index contributed by atoms with van der Waals surface area (Å²) in [5, 5.41) is 13.8. The highest BCUT2D eigenvalue weighted by molar-refractivity contribution is 5.60. The molecule has 2 rings (SSSR count). The third-order valence-corrected chi connectivity index (χ3v) is 3.86. The molecule has 0 aliphatic carbocycles. The van der Waals surface area contributed by atoms with Crippen LogP contribution in [0.2, 0.25) is 0 Å². The van der Waals surface area contributed by atoms with Gasteiger partial charge in [-0.1, -0.05) is 0 Å². The Labute approximate surface area is 124 Å². The van der Waals surface area contributed by atoms with Crippen LogP contribution in [-0.4, -0.2) is 19.5 Å². The van der Waals surface area contributed by atoms with Crippen molar-refractivity contribution in [2.24, 2.45) is 0 Å². The number of hydrogen-bond donors (Lipinski definition) is 1. The Kier molecular flexibility index (Phi) is 3.87. The van der Waals surface area contributed by atoms with Crippen molar-refractivity contribution >= 4 is 0 Å². The van der Waals surface area contributed by atoms with Gasteiger partial charge >= 0.3 is 12.2 Å². The van der Waals surface area contributed by atoms with Gasteiger partial charge in [0.15, 0.2) is 0 Å². The highest BCUT2D eigenvalue weighted by Crippen LogP contribution is 2.32. The van der Waals surface area contributed by atoms with Crippen LogP contribution < -0.4 is 11.2 Å². The summed E-state index contributed by atoms with van der Waals surface area (Å²) in [5.74, 6) is -0.0402. The van der Waals surface area contributed by atoms with Crippen molar-refractivity contribution in [3.05, 3.63) is 49.3 Å². The number of aromatic hydroxyl groups is 1. The van der Waals surface area contributed by atoms with E-state index in [0.717, 1.165) is 0 Å². The van der Waals surface area contributed by atoms with Crippen molar-refractivity contribution < 1.29 is 13.9 Å². The molecule has 0 fully saturated rings. The average Bonchev–Trinajstić information content (AvgIpc) is 2.45. The molecule has 2 aromatic rings. The number of alkyl halides is 2. The van der Waals surface area contributed by atoms with Gasteiger partial charge in [0.2, 0.25) is 0 Å². The van der Waals surface area contributed by atoms with E-state index in [-0.39, 0.29) is 16.0 Å². The summed E-state index contributed by atoms with van der Waals surface area (Å²) in [4.78, 5) is 23.5. The van der Waals surface area contributed by atoms with Crippen molar-refractivity contribution in [2.45, 2.75) is 34.2 Å². The molecule has 1 aromatic heterocycles. The molecule has 0 aliphatic rings. The summed E-state index contributed by atoms with van der Waals surface area (Å²) in [6.45, 7) is 3.42. The van der Waals surface area contributed by atoms with Gasteiger partial charge in [-0.05, 0) is 44.4 Å². The first kappa shape index (κ1) is 15.9. The minimum Gasteiger partial charge on any atom is -0.507 e. The summed E-state index contributed by atoms with van der Waals surface area (Å²) >= 11 is 0. The second-order valence-electron chi connectivity index (χ2n) is 5.02. The van der Waals surface area contributed by atoms with Crippen LogP contribution in [0.3, 0.4) is 0 Å². The highest BCUT2D eigenvalue weighted by atomic mass is 19.3. The molecule has 0 atom stereocenters. The van der Waals surface area contributed by atoms with E-state index in [0.29, 0.717) is 33.1 Å². The Morgan fingerprint density at radius 3 is 2.18 bits per heavy atom. The van der Waals surface area contributed by atoms with E-state index in [2.05, 4.69) is 5.10 Å². The predicted octanol–water partition coefficient (Wildman–Crippen LogP) is 1.73. The van der Waals surface area contributed by atoms with Crippen LogP contribution >= 0.6 is 0 Å². The molecular formula is C14H15F2N3O3. The van der Waals surface area contributed by atoms with Crippen molar-refractivity contribution in [2.75, 3.05) is 0 Å². The topological polar surface area (TPSA) is 77.1 Å². The average molecular weight is 311 g/mol. The van der Waals surface area contributed by atoms with E-state index in [9.17, 15) is 23.5 Å². The molecule has 1 N–H and O–H groups in total. The normalized spacial score (nSPS) is 11.2. The minimum atomic E-state index is -3.27. The second kappa shape index (κ2) is 5.36. The third-order valence-electron chi connectivity index (χ3n) is 3.86. The van der Waals surface area contributed by atoms with Gasteiger partial charge in [0.05, 0.1) is 5.69 Å². The first-order valence-electron chi connectivity index (χ1n) is 6.47. The fourth-order valence-electron chi connectivity index (χ4n) is 2.38. The molecule has 0 spiro atoms. The van der Waals surface area contributed by atoms with Crippen molar-refractivity contribution in [3.63, 3.8) is 0 Å². The zero-order chi connectivity index (χ0) is 16.8. The molecule has 0 amide bonds. The molecule has 0 radical (unpaired) electrons. The summed E-state index contributed by atoms with van der Waals surface area (Å²) in [7, 11) is 0. The fraction of sp³-hybridized carbons (Fsp3) is 0.357. The molecule has 6 nitrogen and oxygen atoms in total. The SMILES string of the molecule is Cc1c(C)c(O)c(C)c(-n2ncc(=O)n(C(F)F)c2=O)c1C. The highest BCUT2D eigenvalue weighted by Gasteiger charge is 2.21. The lowest BCUT2D eigenvalue weighted by Gasteiger charge is -2.18. The number of phenolic OH excluding ortho intramolecular Hbond substituents is 1. The standard InChI is InChI=1S/C14H15F2N3O3/c1-6-7(2)11(9(4)12(21)8(6)3)19-14(22)18(13(15)16)10(20)5-17-19/h5,13,21H,1-4H3. The molecular weight excluding hydrogens is 296 g/mol. The van der Waals surface area contributed by atoms with Crippen LogP contribution in [0, 0.1) is 27.7 Å². The Bertz CT molecular complexity index is 840. The van der Waals surface area contributed by atoms with E-state index in [4.69, 9.17) is 0 Å². The van der Waals surface area contributed by atoms with Crippen LogP contribution in [0.5, 0.6) is 5.75 Å². The number of phenols is 1. The van der Waals surface area contributed by atoms with E-state index in [1.165, 1.54) is 0 Å². The molecule has 118 valence electrons. The maximum atomic E-state index is 12.9. The largest absolute Gasteiger partial charge is 0.507 e. The van der Waals surface area contributed by atoms with E-state index < -0.39 is 17.8 Å². The summed E-state index contributed by atoms with van der Waals surface area (Å²) in [6, 6.07) is 0. The number of hydrogen-bond acceptors (Lipinski definition) is 4. The molecule has 1 aromatic carbocycles. The Morgan fingerprint density at radius 2 is 1.64 bits per heavy atom. The lowest BCUT2D eigenvalue weighted by atomic mass is 9.97. The Balaban J connectivity index is 2.94. The van der Waals surface area contributed by atoms with Gasteiger partial charge in [0.1, 0.15) is 11.9 Å². The molecule has 0 bridgehead atoms. The van der Waals surface area contributed by atoms with Crippen LogP contribution in [0.4, 0.5) is 8.78 Å². The van der Waals surface area contributed by atoms with E-state index in [1.54, 1.807) is 27.7 Å². The number of aromatic nitrogens is 3. The second-order valence-corrected chi connectivity index (χ2v) is 5.02. The molecule has 0 unspecified atom stereocenters. The van der Waals surface area contributed by atoms with E-state index in [1.807, 2.05) is 0 Å². The van der Waals surface area contributed by atoms with Crippen LogP contribution in [-0.2, 0) is 0 Å². The molecule has 22 heavy (non-hydrogen) atoms. The fourth-order valence-corrected chi connectivity index (χ4v) is 2.38. The zero-order valence-electron chi connectivity index (χ0n) is 12.5. The van der Waals surface area contributed by atoms with Crippen molar-refractivity contribution in [1.29, 1.82) is 0 Å². The number of rotatable bonds is 2. The van der Waals surface area contributed by atoms with Gasteiger partial charge in [-0.25, -0.2) is 4.79 Å². The van der Waals surface area contributed by atoms with E-state index >= 15 is 0 Å². The Morgan fingerprint density at radius 1 is 1.05 bits per heavy atom. The molecule has 0 saturated carbocycles. The van der Waals surface area contributed by atoms with Crippen LogP contribution in [0.15, 0.2) is 15.8 Å². The molecule has 0 saturated heterocycles. The van der Waals surface area contributed by atoms with Gasteiger partial charge in [0.25, 0.3) is 5.56 Å². The number of nitrogens with zero attached hydrogens (tertiary/aromatic N) is 3. The van der Waals surface area contributed by atoms with Gasteiger partial charge in [-0.3, -0.25) is 4.79 Å². The first-order valence-corrected chi connectivity index (χ1v) is 6.47. The third kappa shape index (κ3) is 2.20. The molecule has 8 heteroatoms. The van der Waals surface area contributed by atoms with Crippen LogP contribution in [0.25, 0.3) is 5.69 Å². The maximum absolute atomic E-state index is 12.9. The smallest absolute Gasteiger partial charge is 0.356 e. The predicted molar refractivity (Wildman–Crippen MR) is 76.0 cm³/mol. The quantitative estimate of drug-likeness (QED) is 0.916. The van der Waals surface area contributed by atoms with Gasteiger partial charge in [-0.15, -0.1) is 0 Å². The van der Waals surface area contributed by atoms with Gasteiger partial charge in [-0.2, -0.15) is 23.1 Å².